The topological polar surface area (TPSA) is 174 Å². The van der Waals surface area contributed by atoms with Crippen LogP contribution in [0.1, 0.15) is 62.1 Å². The number of amidine groups is 8. The van der Waals surface area contributed by atoms with Crippen molar-refractivity contribution in [2.24, 2.45) is 59.9 Å². The monoisotopic (exact) mass is 1150 g/mol. The van der Waals surface area contributed by atoms with Crippen LogP contribution in [-0.4, -0.2) is 90.4 Å². The fourth-order valence-electron chi connectivity index (χ4n) is 11.9. The third kappa shape index (κ3) is 6.69. The quantitative estimate of drug-likeness (QED) is 0.143. The first kappa shape index (κ1) is 44.5. The summed E-state index contributed by atoms with van der Waals surface area (Å²) in [5.41, 5.74) is 13.5. The number of rotatable bonds is 0. The molecule has 7 aliphatic heterocycles. The Bertz CT molecular complexity index is 4930. The minimum absolute atomic E-state index is 0.586. The molecule has 1 aliphatic carbocycles. The van der Waals surface area contributed by atoms with E-state index in [0.717, 1.165) is 122 Å². The Kier molecular flexibility index (Phi) is 9.33. The molecule has 8 aliphatic rings. The molecular formula is C65H35N15Sn. The van der Waals surface area contributed by atoms with Crippen LogP contribution in [0.2, 0.25) is 0 Å². The van der Waals surface area contributed by atoms with Gasteiger partial charge < -0.3 is 4.98 Å². The summed E-state index contributed by atoms with van der Waals surface area (Å²) in [5.74, 6) is 8.41. The Morgan fingerprint density at radius 3 is 0.914 bits per heavy atom. The molecule has 0 atom stereocenters. The molecule has 0 fully saturated rings. The van der Waals surface area contributed by atoms with E-state index in [9.17, 15) is 0 Å². The van der Waals surface area contributed by atoms with Crippen molar-refractivity contribution in [2.75, 3.05) is 0 Å². The predicted molar refractivity (Wildman–Crippen MR) is 322 cm³/mol. The van der Waals surface area contributed by atoms with Crippen LogP contribution in [0.25, 0.3) is 32.3 Å². The van der Waals surface area contributed by atoms with Gasteiger partial charge in [-0.05, 0) is 0 Å². The average molecular weight is 1140 g/mol. The van der Waals surface area contributed by atoms with E-state index in [1.54, 1.807) is 0 Å². The number of benzene rings is 8. The molecule has 1 N–H and O–H groups in total. The van der Waals surface area contributed by atoms with E-state index in [4.69, 9.17) is 59.9 Å². The molecule has 374 valence electrons. The van der Waals surface area contributed by atoms with Crippen LogP contribution >= 0.6 is 0 Å². The molecule has 0 saturated heterocycles. The van der Waals surface area contributed by atoms with Gasteiger partial charge in [0.15, 0.2) is 23.3 Å². The molecule has 0 saturated carbocycles. The molecule has 0 unspecified atom stereocenters. The molecule has 0 spiro atoms. The summed E-state index contributed by atoms with van der Waals surface area (Å²) >= 11 is -1.74. The van der Waals surface area contributed by atoms with Crippen molar-refractivity contribution >= 4 is 135 Å². The zero-order valence-electron chi connectivity index (χ0n) is 42.4. The van der Waals surface area contributed by atoms with Crippen molar-refractivity contribution in [3.63, 3.8) is 0 Å². The summed E-state index contributed by atoms with van der Waals surface area (Å²) in [7, 11) is 0. The molecule has 15 nitrogen and oxygen atoms in total. The van der Waals surface area contributed by atoms with Crippen LogP contribution in [0, 0.1) is 0 Å². The number of aromatic amines is 1. The van der Waals surface area contributed by atoms with Crippen LogP contribution in [0.5, 0.6) is 0 Å². The van der Waals surface area contributed by atoms with Crippen LogP contribution in [0.15, 0.2) is 254 Å². The normalized spacial score (nSPS) is 16.0. The molecule has 3 aromatic heterocycles. The number of fused-ring (bicyclic) bond motifs is 32. The average Bonchev–Trinajstić information content (AvgIpc) is 4.51. The standard InChI is InChI=1S/C33H19N7.C32H16N8.Sn/c1-2-10-19-18(9-1)26-17-27(19)35-29-21-12-4-6-14-23(21)31(37-29)39-33-25-16-8-7-15-24(25)32(40-33)38-30-22-13-5-3-11-20(22)28(34-26)36-30;1-2-10-18-17(9-1)25-33-26(18)38-28-21-13-5-6-14-22(21)30(35-28)40-32-24-16-8-7-15-23(24)31(36-32)39-29-20-12-4-3-11-19(20)27(34-29)37-25;/h1-16H,17H2,(H,34,35,36,37,38,39,40);1-16H;/q;-2;+2. The van der Waals surface area contributed by atoms with E-state index in [1.165, 1.54) is 0 Å². The number of hydrogen-bond acceptors (Lipinski definition) is 12. The zero-order chi connectivity index (χ0) is 52.9. The number of H-pyrrole nitrogens is 1. The summed E-state index contributed by atoms with van der Waals surface area (Å²) in [6.07, 6.45) is 0.586. The first-order valence-electron chi connectivity index (χ1n) is 26.5. The van der Waals surface area contributed by atoms with Crippen LogP contribution in [0.4, 0.5) is 23.3 Å². The van der Waals surface area contributed by atoms with E-state index < -0.39 is 21.7 Å². The van der Waals surface area contributed by atoms with Gasteiger partial charge >= 0.3 is 244 Å². The Morgan fingerprint density at radius 1 is 0.259 bits per heavy atom. The van der Waals surface area contributed by atoms with Gasteiger partial charge in [0.05, 0.1) is 11.4 Å². The second kappa shape index (κ2) is 17.0. The van der Waals surface area contributed by atoms with Crippen molar-refractivity contribution in [3.05, 3.63) is 261 Å². The second-order valence-electron chi connectivity index (χ2n) is 20.3. The number of nitrogens with one attached hydrogen (secondary N) is 1. The van der Waals surface area contributed by atoms with E-state index in [1.807, 2.05) is 97.1 Å². The first-order chi connectivity index (χ1) is 40.1. The number of hydrogen-bond donors (Lipinski definition) is 1. The molecule has 10 heterocycles. The third-order valence-electron chi connectivity index (χ3n) is 15.7. The molecule has 16 heteroatoms. The molecule has 8 aromatic carbocycles. The summed E-state index contributed by atoms with van der Waals surface area (Å²) in [6.45, 7) is 0. The summed E-state index contributed by atoms with van der Waals surface area (Å²) in [5, 5.41) is 6.12. The smallest absolute Gasteiger partial charge is 0.164 e. The molecular weight excluding hydrogens is 1110 g/mol. The molecule has 2 radical (unpaired) electrons. The predicted octanol–water partition coefficient (Wildman–Crippen LogP) is 11.0. The Hall–Kier alpha value is -10.5. The van der Waals surface area contributed by atoms with E-state index in [0.29, 0.717) is 64.7 Å². The van der Waals surface area contributed by atoms with Crippen molar-refractivity contribution < 1.29 is 0 Å². The van der Waals surface area contributed by atoms with Crippen LogP contribution in [-0.2, 0) is 0 Å². The summed E-state index contributed by atoms with van der Waals surface area (Å²) in [4.78, 5) is 64.8. The fourth-order valence-corrected chi connectivity index (χ4v) is 15.5. The molecule has 11 aromatic rings. The minimum atomic E-state index is -1.74. The maximum atomic E-state index is 5.26. The zero-order valence-corrected chi connectivity index (χ0v) is 45.3. The van der Waals surface area contributed by atoms with Gasteiger partial charge in [0.25, 0.3) is 0 Å². The van der Waals surface area contributed by atoms with Gasteiger partial charge in [-0.3, -0.25) is 0 Å². The Morgan fingerprint density at radius 2 is 0.543 bits per heavy atom. The maximum absolute atomic E-state index is 5.26. The minimum Gasteiger partial charge on any atom is -0.324 e. The van der Waals surface area contributed by atoms with Gasteiger partial charge in [-0.1, -0.05) is 97.1 Å². The van der Waals surface area contributed by atoms with Crippen molar-refractivity contribution in [1.82, 2.24) is 10.6 Å². The Balaban J connectivity index is 0.000000125. The van der Waals surface area contributed by atoms with Crippen molar-refractivity contribution in [3.8, 4) is 0 Å². The number of aliphatic imine (C=N–C) groups is 10. The third-order valence-corrected chi connectivity index (χ3v) is 19.2. The van der Waals surface area contributed by atoms with Gasteiger partial charge in [0, 0.05) is 50.6 Å². The Labute approximate surface area is 470 Å². The maximum Gasteiger partial charge on any atom is 0.164 e. The van der Waals surface area contributed by atoms with Crippen LogP contribution < -0.4 is 11.0 Å². The van der Waals surface area contributed by atoms with Crippen molar-refractivity contribution in [2.45, 2.75) is 6.42 Å². The van der Waals surface area contributed by atoms with E-state index >= 15 is 0 Å². The SMILES string of the molecule is c1ccc2c(c1)C1=NC2=Nc2c3ccccc3c3[n]2[Sn][n]2c(c4ccccc4c2=NC2=NC(=N3)c3ccccc32)=N1.c1ccc2c(c1)C1=NC3=NC(=Nc4[nH]c(c5ccccc45)N=C4N=C(N=C2C1)c1ccccc14)c1ccccc13. The fraction of sp³-hybridized carbons (Fsp3) is 0.0154. The number of aromatic nitrogens is 3. The van der Waals surface area contributed by atoms with Crippen molar-refractivity contribution in [1.29, 1.82) is 0 Å². The summed E-state index contributed by atoms with van der Waals surface area (Å²) in [6, 6.07) is 65.8. The molecule has 0 amide bonds. The van der Waals surface area contributed by atoms with Gasteiger partial charge in [0.2, 0.25) is 0 Å². The van der Waals surface area contributed by atoms with Gasteiger partial charge in [-0.15, -0.1) is 0 Å². The van der Waals surface area contributed by atoms with Gasteiger partial charge in [-0.25, -0.2) is 30.0 Å². The van der Waals surface area contributed by atoms with E-state index in [-0.39, 0.29) is 0 Å². The van der Waals surface area contributed by atoms with Crippen LogP contribution in [0.3, 0.4) is 0 Å². The van der Waals surface area contributed by atoms with E-state index in [2.05, 4.69) is 108 Å². The largest absolute Gasteiger partial charge is 0.324 e. The molecule has 14 bridgehead atoms. The summed E-state index contributed by atoms with van der Waals surface area (Å²) < 4.78 is 4.65. The number of nitrogens with zero attached hydrogens (tertiary/aromatic N) is 14. The molecule has 81 heavy (non-hydrogen) atoms. The van der Waals surface area contributed by atoms with Gasteiger partial charge in [-0.2, -0.15) is 0 Å². The second-order valence-corrected chi connectivity index (χ2v) is 23.4. The van der Waals surface area contributed by atoms with Gasteiger partial charge in [0.1, 0.15) is 11.6 Å². The molecule has 19 rings (SSSR count). The first-order valence-corrected chi connectivity index (χ1v) is 29.1.